The van der Waals surface area contributed by atoms with Crippen molar-refractivity contribution in [1.29, 1.82) is 0 Å². The SMILES string of the molecule is CC(=O)c1c(C)cc(C)c(-c2nccn2[C@H](C)c2cnn(C)c2)c1C. The molecular formula is C20H24N4O. The van der Waals surface area contributed by atoms with E-state index in [2.05, 4.69) is 34.6 Å². The van der Waals surface area contributed by atoms with Gasteiger partial charge in [-0.2, -0.15) is 5.10 Å². The summed E-state index contributed by atoms with van der Waals surface area (Å²) in [6.07, 6.45) is 7.70. The Balaban J connectivity index is 2.18. The predicted molar refractivity (Wildman–Crippen MR) is 98.9 cm³/mol. The van der Waals surface area contributed by atoms with E-state index < -0.39 is 0 Å². The van der Waals surface area contributed by atoms with Crippen LogP contribution in [0.2, 0.25) is 0 Å². The zero-order valence-electron chi connectivity index (χ0n) is 15.7. The first kappa shape index (κ1) is 17.1. The van der Waals surface area contributed by atoms with Crippen molar-refractivity contribution in [3.63, 3.8) is 0 Å². The minimum atomic E-state index is 0.0923. The van der Waals surface area contributed by atoms with Crippen molar-refractivity contribution in [2.75, 3.05) is 0 Å². The molecule has 0 aliphatic rings. The number of ketones is 1. The van der Waals surface area contributed by atoms with Gasteiger partial charge in [-0.15, -0.1) is 0 Å². The van der Waals surface area contributed by atoms with E-state index in [1.807, 2.05) is 45.7 Å². The maximum absolute atomic E-state index is 12.1. The van der Waals surface area contributed by atoms with Crippen LogP contribution in [0.25, 0.3) is 11.4 Å². The Morgan fingerprint density at radius 2 is 1.92 bits per heavy atom. The van der Waals surface area contributed by atoms with Gasteiger partial charge >= 0.3 is 0 Å². The van der Waals surface area contributed by atoms with Gasteiger partial charge in [-0.1, -0.05) is 6.07 Å². The molecule has 0 amide bonds. The van der Waals surface area contributed by atoms with Crippen LogP contribution >= 0.6 is 0 Å². The predicted octanol–water partition coefficient (Wildman–Crippen LogP) is 4.02. The van der Waals surface area contributed by atoms with Crippen LogP contribution in [0.15, 0.2) is 30.9 Å². The van der Waals surface area contributed by atoms with Crippen molar-refractivity contribution >= 4 is 5.78 Å². The number of carbonyl (C=O) groups excluding carboxylic acids is 1. The Hall–Kier alpha value is -2.69. The topological polar surface area (TPSA) is 52.7 Å². The summed E-state index contributed by atoms with van der Waals surface area (Å²) >= 11 is 0. The highest BCUT2D eigenvalue weighted by atomic mass is 16.1. The molecule has 0 radical (unpaired) electrons. The third-order valence-electron chi connectivity index (χ3n) is 4.84. The summed E-state index contributed by atoms with van der Waals surface area (Å²) in [5, 5.41) is 4.27. The van der Waals surface area contributed by atoms with Gasteiger partial charge in [0.25, 0.3) is 0 Å². The minimum Gasteiger partial charge on any atom is -0.324 e. The lowest BCUT2D eigenvalue weighted by Gasteiger charge is -2.20. The number of aromatic nitrogens is 4. The van der Waals surface area contributed by atoms with E-state index in [9.17, 15) is 4.79 Å². The second-order valence-corrected chi connectivity index (χ2v) is 6.72. The molecule has 0 spiro atoms. The molecule has 0 aliphatic heterocycles. The van der Waals surface area contributed by atoms with Crippen LogP contribution in [0.1, 0.15) is 52.5 Å². The maximum Gasteiger partial charge on any atom is 0.160 e. The molecule has 1 atom stereocenters. The minimum absolute atomic E-state index is 0.0923. The Kier molecular flexibility index (Phi) is 4.33. The lowest BCUT2D eigenvalue weighted by molar-refractivity contribution is 0.101. The summed E-state index contributed by atoms with van der Waals surface area (Å²) < 4.78 is 3.95. The van der Waals surface area contributed by atoms with Gasteiger partial charge in [0.1, 0.15) is 5.82 Å². The number of rotatable bonds is 4. The highest BCUT2D eigenvalue weighted by Crippen LogP contribution is 2.33. The molecule has 0 unspecified atom stereocenters. The number of carbonyl (C=O) groups is 1. The first-order valence-electron chi connectivity index (χ1n) is 8.44. The van der Waals surface area contributed by atoms with Crippen molar-refractivity contribution in [1.82, 2.24) is 19.3 Å². The molecule has 0 saturated heterocycles. The Morgan fingerprint density at radius 1 is 1.20 bits per heavy atom. The number of Topliss-reactive ketones (excluding diaryl/α,β-unsaturated/α-hetero) is 1. The fraction of sp³-hybridized carbons (Fsp3) is 0.350. The van der Waals surface area contributed by atoms with Crippen molar-refractivity contribution in [3.05, 3.63) is 58.7 Å². The van der Waals surface area contributed by atoms with Crippen LogP contribution in [0.3, 0.4) is 0 Å². The Morgan fingerprint density at radius 3 is 2.52 bits per heavy atom. The van der Waals surface area contributed by atoms with Crippen LogP contribution in [0.5, 0.6) is 0 Å². The average Bonchev–Trinajstić information content (AvgIpc) is 3.15. The third-order valence-corrected chi connectivity index (χ3v) is 4.84. The second kappa shape index (κ2) is 6.31. The number of hydrogen-bond acceptors (Lipinski definition) is 3. The number of hydrogen-bond donors (Lipinski definition) is 0. The molecule has 5 heteroatoms. The summed E-state index contributed by atoms with van der Waals surface area (Å²) in [7, 11) is 1.92. The number of nitrogens with zero attached hydrogens (tertiary/aromatic N) is 4. The Bertz CT molecular complexity index is 949. The zero-order valence-corrected chi connectivity index (χ0v) is 15.7. The average molecular weight is 336 g/mol. The summed E-state index contributed by atoms with van der Waals surface area (Å²) in [6.45, 7) is 9.84. The molecule has 2 heterocycles. The Labute approximate surface area is 148 Å². The highest BCUT2D eigenvalue weighted by molar-refractivity contribution is 5.99. The van der Waals surface area contributed by atoms with Gasteiger partial charge in [-0.3, -0.25) is 9.48 Å². The first-order valence-corrected chi connectivity index (χ1v) is 8.44. The molecular weight excluding hydrogens is 312 g/mol. The van der Waals surface area contributed by atoms with Gasteiger partial charge in [0.15, 0.2) is 5.78 Å². The molecule has 0 saturated carbocycles. The molecule has 5 nitrogen and oxygen atoms in total. The van der Waals surface area contributed by atoms with E-state index in [0.717, 1.165) is 39.2 Å². The van der Waals surface area contributed by atoms with Gasteiger partial charge < -0.3 is 4.57 Å². The van der Waals surface area contributed by atoms with Gasteiger partial charge in [0.2, 0.25) is 0 Å². The second-order valence-electron chi connectivity index (χ2n) is 6.72. The van der Waals surface area contributed by atoms with Crippen LogP contribution in [0, 0.1) is 20.8 Å². The van der Waals surface area contributed by atoms with Crippen LogP contribution in [-0.4, -0.2) is 25.1 Å². The number of benzene rings is 1. The number of aryl methyl sites for hydroxylation is 3. The fourth-order valence-corrected chi connectivity index (χ4v) is 3.71. The first-order chi connectivity index (χ1) is 11.8. The maximum atomic E-state index is 12.1. The van der Waals surface area contributed by atoms with E-state index >= 15 is 0 Å². The molecule has 130 valence electrons. The van der Waals surface area contributed by atoms with Gasteiger partial charge in [0.05, 0.1) is 12.2 Å². The molecule has 0 bridgehead atoms. The largest absolute Gasteiger partial charge is 0.324 e. The standard InChI is InChI=1S/C20H24N4O/c1-12-9-13(2)19(14(3)18(12)16(5)25)20-21-7-8-24(20)15(4)17-10-22-23(6)11-17/h7-11,15H,1-6H3/t15-/m1/s1. The van der Waals surface area contributed by atoms with E-state index in [1.54, 1.807) is 11.6 Å². The fourth-order valence-electron chi connectivity index (χ4n) is 3.71. The summed E-state index contributed by atoms with van der Waals surface area (Å²) in [5.74, 6) is 0.975. The van der Waals surface area contributed by atoms with Gasteiger partial charge in [0, 0.05) is 42.3 Å². The molecule has 3 rings (SSSR count). The molecule has 0 N–H and O–H groups in total. The lowest BCUT2D eigenvalue weighted by atomic mass is 9.91. The van der Waals surface area contributed by atoms with E-state index in [1.165, 1.54) is 0 Å². The zero-order chi connectivity index (χ0) is 18.3. The normalized spacial score (nSPS) is 12.4. The van der Waals surface area contributed by atoms with Crippen LogP contribution < -0.4 is 0 Å². The molecule has 1 aromatic carbocycles. The lowest BCUT2D eigenvalue weighted by Crippen LogP contribution is -2.10. The van der Waals surface area contributed by atoms with Gasteiger partial charge in [-0.25, -0.2) is 4.98 Å². The summed E-state index contributed by atoms with van der Waals surface area (Å²) in [4.78, 5) is 16.7. The summed E-state index contributed by atoms with van der Waals surface area (Å²) in [6, 6.07) is 2.18. The van der Waals surface area contributed by atoms with Crippen molar-refractivity contribution in [2.24, 2.45) is 7.05 Å². The highest BCUT2D eigenvalue weighted by Gasteiger charge is 2.21. The molecule has 2 aromatic heterocycles. The number of imidazole rings is 1. The monoisotopic (exact) mass is 336 g/mol. The molecule has 3 aromatic rings. The van der Waals surface area contributed by atoms with E-state index in [0.29, 0.717) is 0 Å². The van der Waals surface area contributed by atoms with E-state index in [-0.39, 0.29) is 11.8 Å². The van der Waals surface area contributed by atoms with Crippen molar-refractivity contribution < 1.29 is 4.79 Å². The smallest absolute Gasteiger partial charge is 0.160 e. The van der Waals surface area contributed by atoms with Crippen molar-refractivity contribution in [2.45, 2.75) is 40.7 Å². The van der Waals surface area contributed by atoms with Crippen LogP contribution in [-0.2, 0) is 7.05 Å². The van der Waals surface area contributed by atoms with Gasteiger partial charge in [-0.05, 0) is 51.3 Å². The third kappa shape index (κ3) is 2.90. The summed E-state index contributed by atoms with van der Waals surface area (Å²) in [5.41, 5.74) is 6.10. The molecule has 0 aliphatic carbocycles. The van der Waals surface area contributed by atoms with E-state index in [4.69, 9.17) is 0 Å². The quantitative estimate of drug-likeness (QED) is 0.676. The molecule has 0 fully saturated rings. The molecule has 25 heavy (non-hydrogen) atoms. The van der Waals surface area contributed by atoms with Crippen molar-refractivity contribution in [3.8, 4) is 11.4 Å². The van der Waals surface area contributed by atoms with Crippen LogP contribution in [0.4, 0.5) is 0 Å².